The Hall–Kier alpha value is -0.280. The third kappa shape index (κ3) is 3.14. The van der Waals surface area contributed by atoms with Crippen LogP contribution in [-0.4, -0.2) is 41.0 Å². The maximum atomic E-state index is 11.5. The molecule has 0 aromatic rings. The van der Waals surface area contributed by atoms with E-state index in [1.807, 2.05) is 11.8 Å². The Balaban J connectivity index is 2.31. The van der Waals surface area contributed by atoms with Crippen molar-refractivity contribution in [3.8, 4) is 0 Å². The molecule has 0 spiro atoms. The molecule has 1 heterocycles. The predicted molar refractivity (Wildman–Crippen MR) is 56.3 cm³/mol. The van der Waals surface area contributed by atoms with E-state index in [4.69, 9.17) is 11.6 Å². The molecule has 0 bridgehead atoms. The lowest BCUT2D eigenvalue weighted by Crippen LogP contribution is -2.40. The zero-order valence-corrected chi connectivity index (χ0v) is 9.33. The lowest BCUT2D eigenvalue weighted by atomic mass is 9.92. The van der Waals surface area contributed by atoms with Crippen molar-refractivity contribution in [3.63, 3.8) is 0 Å². The minimum atomic E-state index is -0.250. The molecule has 1 fully saturated rings. The van der Waals surface area contributed by atoms with E-state index >= 15 is 0 Å². The number of halogens is 1. The lowest BCUT2D eigenvalue weighted by Gasteiger charge is -2.33. The molecule has 0 aromatic carbocycles. The monoisotopic (exact) mass is 219 g/mol. The third-order valence-electron chi connectivity index (χ3n) is 2.88. The summed E-state index contributed by atoms with van der Waals surface area (Å²) in [6.07, 6.45) is 2.00. The van der Waals surface area contributed by atoms with Crippen molar-refractivity contribution in [1.29, 1.82) is 0 Å². The second kappa shape index (κ2) is 5.56. The van der Waals surface area contributed by atoms with Gasteiger partial charge in [0, 0.05) is 25.4 Å². The van der Waals surface area contributed by atoms with E-state index in [-0.39, 0.29) is 12.0 Å². The standard InChI is InChI=1S/C10H18ClNO2/c1-8(13)9-3-6-12(7-4-9)10(14)2-5-11/h8-9,13H,2-7H2,1H3/t8-/m1/s1. The Kier molecular flexibility index (Phi) is 4.69. The highest BCUT2D eigenvalue weighted by atomic mass is 35.5. The Morgan fingerprint density at radius 2 is 2.14 bits per heavy atom. The van der Waals surface area contributed by atoms with E-state index in [0.717, 1.165) is 25.9 Å². The van der Waals surface area contributed by atoms with Crippen LogP contribution >= 0.6 is 11.6 Å². The van der Waals surface area contributed by atoms with Crippen molar-refractivity contribution >= 4 is 17.5 Å². The fourth-order valence-electron chi connectivity index (χ4n) is 1.87. The lowest BCUT2D eigenvalue weighted by molar-refractivity contribution is -0.132. The van der Waals surface area contributed by atoms with Gasteiger partial charge in [0.15, 0.2) is 0 Å². The molecule has 0 unspecified atom stereocenters. The molecule has 1 aliphatic rings. The highest BCUT2D eigenvalue weighted by Crippen LogP contribution is 2.20. The van der Waals surface area contributed by atoms with E-state index < -0.39 is 0 Å². The van der Waals surface area contributed by atoms with Crippen molar-refractivity contribution in [2.24, 2.45) is 5.92 Å². The van der Waals surface area contributed by atoms with Gasteiger partial charge in [-0.25, -0.2) is 0 Å². The van der Waals surface area contributed by atoms with Gasteiger partial charge in [-0.1, -0.05) is 0 Å². The fourth-order valence-corrected chi connectivity index (χ4v) is 2.03. The normalized spacial score (nSPS) is 20.9. The van der Waals surface area contributed by atoms with E-state index in [1.54, 1.807) is 0 Å². The van der Waals surface area contributed by atoms with Crippen molar-refractivity contribution in [2.45, 2.75) is 32.3 Å². The maximum absolute atomic E-state index is 11.5. The zero-order chi connectivity index (χ0) is 10.6. The minimum absolute atomic E-state index is 0.143. The van der Waals surface area contributed by atoms with Gasteiger partial charge >= 0.3 is 0 Å². The van der Waals surface area contributed by atoms with Crippen LogP contribution < -0.4 is 0 Å². The van der Waals surface area contributed by atoms with Crippen LogP contribution in [0.25, 0.3) is 0 Å². The van der Waals surface area contributed by atoms with Gasteiger partial charge in [-0.15, -0.1) is 11.6 Å². The molecule has 4 heteroatoms. The van der Waals surface area contributed by atoms with E-state index in [0.29, 0.717) is 18.2 Å². The minimum Gasteiger partial charge on any atom is -0.393 e. The molecule has 1 atom stereocenters. The molecule has 0 aliphatic carbocycles. The van der Waals surface area contributed by atoms with Crippen LogP contribution in [0.5, 0.6) is 0 Å². The average Bonchev–Trinajstić information content (AvgIpc) is 2.18. The zero-order valence-electron chi connectivity index (χ0n) is 8.58. The molecule has 0 radical (unpaired) electrons. The van der Waals surface area contributed by atoms with Crippen molar-refractivity contribution < 1.29 is 9.90 Å². The van der Waals surface area contributed by atoms with Crippen molar-refractivity contribution in [1.82, 2.24) is 4.90 Å². The average molecular weight is 220 g/mol. The number of nitrogens with zero attached hydrogens (tertiary/aromatic N) is 1. The summed E-state index contributed by atoms with van der Waals surface area (Å²) in [7, 11) is 0. The molecular weight excluding hydrogens is 202 g/mol. The first-order chi connectivity index (χ1) is 6.65. The number of piperidine rings is 1. The molecule has 14 heavy (non-hydrogen) atoms. The predicted octanol–water partition coefficient (Wildman–Crippen LogP) is 1.23. The van der Waals surface area contributed by atoms with Crippen LogP contribution in [0.15, 0.2) is 0 Å². The maximum Gasteiger partial charge on any atom is 0.223 e. The Labute approximate surface area is 90.0 Å². The van der Waals surface area contributed by atoms with Gasteiger partial charge in [0.2, 0.25) is 5.91 Å². The van der Waals surface area contributed by atoms with Gasteiger partial charge in [-0.3, -0.25) is 4.79 Å². The van der Waals surface area contributed by atoms with Crippen LogP contribution in [-0.2, 0) is 4.79 Å². The molecule has 1 rings (SSSR count). The number of hydrogen-bond acceptors (Lipinski definition) is 2. The quantitative estimate of drug-likeness (QED) is 0.726. The van der Waals surface area contributed by atoms with Crippen LogP contribution in [0.2, 0.25) is 0 Å². The topological polar surface area (TPSA) is 40.5 Å². The van der Waals surface area contributed by atoms with Gasteiger partial charge in [0.1, 0.15) is 0 Å². The third-order valence-corrected chi connectivity index (χ3v) is 3.07. The molecule has 3 nitrogen and oxygen atoms in total. The number of carbonyl (C=O) groups excluding carboxylic acids is 1. The Morgan fingerprint density at radius 3 is 2.57 bits per heavy atom. The summed E-state index contributed by atoms with van der Waals surface area (Å²) in [6, 6.07) is 0. The summed E-state index contributed by atoms with van der Waals surface area (Å²) in [4.78, 5) is 13.3. The molecule has 82 valence electrons. The highest BCUT2D eigenvalue weighted by molar-refractivity contribution is 6.18. The fraction of sp³-hybridized carbons (Fsp3) is 0.900. The van der Waals surface area contributed by atoms with Gasteiger partial charge in [-0.2, -0.15) is 0 Å². The molecule has 1 aliphatic heterocycles. The first kappa shape index (κ1) is 11.8. The summed E-state index contributed by atoms with van der Waals surface area (Å²) in [5.41, 5.74) is 0. The largest absolute Gasteiger partial charge is 0.393 e. The second-order valence-corrected chi connectivity index (χ2v) is 4.28. The van der Waals surface area contributed by atoms with Gasteiger partial charge in [0.05, 0.1) is 6.10 Å². The van der Waals surface area contributed by atoms with Gasteiger partial charge in [0.25, 0.3) is 0 Å². The molecule has 0 saturated carbocycles. The Morgan fingerprint density at radius 1 is 1.57 bits per heavy atom. The smallest absolute Gasteiger partial charge is 0.223 e. The van der Waals surface area contributed by atoms with Crippen molar-refractivity contribution in [3.05, 3.63) is 0 Å². The summed E-state index contributed by atoms with van der Waals surface area (Å²) < 4.78 is 0. The highest BCUT2D eigenvalue weighted by Gasteiger charge is 2.24. The first-order valence-corrected chi connectivity index (χ1v) is 5.70. The molecular formula is C10H18ClNO2. The van der Waals surface area contributed by atoms with Crippen LogP contribution in [0, 0.1) is 5.92 Å². The molecule has 0 aromatic heterocycles. The SMILES string of the molecule is C[C@@H](O)C1CCN(C(=O)CCCl)CC1. The number of amides is 1. The van der Waals surface area contributed by atoms with E-state index in [9.17, 15) is 9.90 Å². The molecule has 1 N–H and O–H groups in total. The number of likely N-dealkylation sites (tertiary alicyclic amines) is 1. The van der Waals surface area contributed by atoms with E-state index in [2.05, 4.69) is 0 Å². The summed E-state index contributed by atoms with van der Waals surface area (Å²) in [5, 5.41) is 9.38. The number of rotatable bonds is 3. The van der Waals surface area contributed by atoms with Crippen molar-refractivity contribution in [2.75, 3.05) is 19.0 Å². The Bertz CT molecular complexity index is 189. The number of aliphatic hydroxyl groups excluding tert-OH is 1. The number of aliphatic hydroxyl groups is 1. The summed E-state index contributed by atoms with van der Waals surface area (Å²) in [6.45, 7) is 3.36. The molecule has 1 amide bonds. The van der Waals surface area contributed by atoms with Gasteiger partial charge < -0.3 is 10.0 Å². The summed E-state index contributed by atoms with van der Waals surface area (Å²) >= 11 is 5.51. The molecule has 1 saturated heterocycles. The van der Waals surface area contributed by atoms with Crippen LogP contribution in [0.4, 0.5) is 0 Å². The van der Waals surface area contributed by atoms with Crippen LogP contribution in [0.1, 0.15) is 26.2 Å². The van der Waals surface area contributed by atoms with Crippen LogP contribution in [0.3, 0.4) is 0 Å². The second-order valence-electron chi connectivity index (χ2n) is 3.90. The number of alkyl halides is 1. The first-order valence-electron chi connectivity index (χ1n) is 5.17. The van der Waals surface area contributed by atoms with Gasteiger partial charge in [-0.05, 0) is 25.7 Å². The number of hydrogen-bond donors (Lipinski definition) is 1. The summed E-state index contributed by atoms with van der Waals surface area (Å²) in [5.74, 6) is 0.897. The number of carbonyl (C=O) groups is 1. The van der Waals surface area contributed by atoms with E-state index in [1.165, 1.54) is 0 Å².